The van der Waals surface area contributed by atoms with Gasteiger partial charge < -0.3 is 0 Å². The molecule has 0 aliphatic rings. The van der Waals surface area contributed by atoms with Crippen molar-refractivity contribution in [3.8, 4) is 0 Å². The number of fused-ring (bicyclic) bond motifs is 1. The summed E-state index contributed by atoms with van der Waals surface area (Å²) >= 11 is 1.72. The monoisotopic (exact) mass is 249 g/mol. The molecule has 17 heavy (non-hydrogen) atoms. The molecule has 3 N–H and O–H groups in total. The van der Waals surface area contributed by atoms with Crippen LogP contribution in [0.15, 0.2) is 23.7 Å². The van der Waals surface area contributed by atoms with Gasteiger partial charge in [0.25, 0.3) is 0 Å². The highest BCUT2D eigenvalue weighted by molar-refractivity contribution is 7.17. The fraction of sp³-hybridized carbons (Fsp3) is 0.462. The fourth-order valence-electron chi connectivity index (χ4n) is 1.92. The van der Waals surface area contributed by atoms with Gasteiger partial charge in [0, 0.05) is 12.2 Å². The van der Waals surface area contributed by atoms with Crippen molar-refractivity contribution in [1.82, 2.24) is 10.4 Å². The number of rotatable bonds is 5. The topological polar surface area (TPSA) is 50.9 Å². The molecule has 2 rings (SSSR count). The van der Waals surface area contributed by atoms with Gasteiger partial charge in [-0.2, -0.15) is 0 Å². The normalized spacial score (nSPS) is 15.0. The summed E-state index contributed by atoms with van der Waals surface area (Å²) in [7, 11) is 0. The zero-order valence-corrected chi connectivity index (χ0v) is 11.1. The van der Waals surface area contributed by atoms with Crippen LogP contribution in [-0.4, -0.2) is 4.98 Å². The van der Waals surface area contributed by atoms with Crippen LogP contribution in [0.5, 0.6) is 0 Å². The molecule has 3 nitrogen and oxygen atoms in total. The number of hydrogen-bond acceptors (Lipinski definition) is 4. The van der Waals surface area contributed by atoms with Crippen LogP contribution >= 0.6 is 11.3 Å². The predicted molar refractivity (Wildman–Crippen MR) is 73.8 cm³/mol. The van der Waals surface area contributed by atoms with Gasteiger partial charge in [0.05, 0.1) is 10.2 Å². The SMILES string of the molecule is CCC(C)CC(NN)c1cnc2ccsc2c1. The van der Waals surface area contributed by atoms with E-state index in [1.807, 2.05) is 12.3 Å². The third-order valence-electron chi connectivity index (χ3n) is 3.26. The Bertz CT molecular complexity index is 480. The summed E-state index contributed by atoms with van der Waals surface area (Å²) < 4.78 is 1.23. The lowest BCUT2D eigenvalue weighted by molar-refractivity contribution is 0.407. The highest BCUT2D eigenvalue weighted by Crippen LogP contribution is 2.26. The summed E-state index contributed by atoms with van der Waals surface area (Å²) in [5.41, 5.74) is 5.16. The molecule has 2 aromatic heterocycles. The minimum absolute atomic E-state index is 0.198. The van der Waals surface area contributed by atoms with Crippen molar-refractivity contribution in [1.29, 1.82) is 0 Å². The Balaban J connectivity index is 2.23. The van der Waals surface area contributed by atoms with Crippen LogP contribution in [0.1, 0.15) is 38.3 Å². The second-order valence-corrected chi connectivity index (χ2v) is 5.49. The molecule has 2 unspecified atom stereocenters. The van der Waals surface area contributed by atoms with E-state index < -0.39 is 0 Å². The van der Waals surface area contributed by atoms with E-state index in [-0.39, 0.29) is 6.04 Å². The first-order valence-corrected chi connectivity index (χ1v) is 6.91. The summed E-state index contributed by atoms with van der Waals surface area (Å²) in [6.45, 7) is 4.46. The molecule has 0 spiro atoms. The van der Waals surface area contributed by atoms with Gasteiger partial charge in [0.2, 0.25) is 0 Å². The van der Waals surface area contributed by atoms with Gasteiger partial charge in [-0.05, 0) is 35.4 Å². The molecule has 2 heterocycles. The Morgan fingerprint density at radius 1 is 1.53 bits per heavy atom. The van der Waals surface area contributed by atoms with Crippen LogP contribution < -0.4 is 11.3 Å². The number of hydrogen-bond donors (Lipinski definition) is 2. The number of pyridine rings is 1. The quantitative estimate of drug-likeness (QED) is 0.632. The van der Waals surface area contributed by atoms with Crippen molar-refractivity contribution in [2.75, 3.05) is 0 Å². The van der Waals surface area contributed by atoms with Gasteiger partial charge in [-0.15, -0.1) is 11.3 Å². The Labute approximate surface area is 106 Å². The molecule has 2 aromatic rings. The summed E-state index contributed by atoms with van der Waals surface area (Å²) in [5.74, 6) is 6.31. The molecule has 0 aromatic carbocycles. The second kappa shape index (κ2) is 5.58. The van der Waals surface area contributed by atoms with E-state index in [0.717, 1.165) is 11.9 Å². The van der Waals surface area contributed by atoms with Crippen LogP contribution in [0.2, 0.25) is 0 Å². The van der Waals surface area contributed by atoms with Crippen LogP contribution in [0.3, 0.4) is 0 Å². The number of nitrogens with zero attached hydrogens (tertiary/aromatic N) is 1. The first-order chi connectivity index (χ1) is 8.24. The standard InChI is InChI=1S/C13H19N3S/c1-3-9(2)6-12(16-14)10-7-13-11(15-8-10)4-5-17-13/h4-5,7-9,12,16H,3,6,14H2,1-2H3. The molecule has 0 radical (unpaired) electrons. The van der Waals surface area contributed by atoms with Gasteiger partial charge in [-0.25, -0.2) is 0 Å². The van der Waals surface area contributed by atoms with E-state index in [4.69, 9.17) is 5.84 Å². The van der Waals surface area contributed by atoms with Crippen LogP contribution in [-0.2, 0) is 0 Å². The zero-order valence-electron chi connectivity index (χ0n) is 10.3. The molecular weight excluding hydrogens is 230 g/mol. The summed E-state index contributed by atoms with van der Waals surface area (Å²) in [5, 5.41) is 2.07. The lowest BCUT2D eigenvalue weighted by atomic mass is 9.95. The van der Waals surface area contributed by atoms with Crippen molar-refractivity contribution < 1.29 is 0 Å². The number of nitrogens with one attached hydrogen (secondary N) is 1. The molecule has 0 amide bonds. The van der Waals surface area contributed by atoms with E-state index in [0.29, 0.717) is 5.92 Å². The van der Waals surface area contributed by atoms with Gasteiger partial charge >= 0.3 is 0 Å². The zero-order chi connectivity index (χ0) is 12.3. The average Bonchev–Trinajstić information content (AvgIpc) is 2.82. The van der Waals surface area contributed by atoms with Gasteiger partial charge in [-0.3, -0.25) is 16.3 Å². The third-order valence-corrected chi connectivity index (χ3v) is 4.12. The Kier molecular flexibility index (Phi) is 4.10. The molecule has 0 aliphatic carbocycles. The third kappa shape index (κ3) is 2.83. The predicted octanol–water partition coefficient (Wildman–Crippen LogP) is 3.24. The molecule has 2 atom stereocenters. The minimum atomic E-state index is 0.198. The van der Waals surface area contributed by atoms with E-state index >= 15 is 0 Å². The van der Waals surface area contributed by atoms with Crippen LogP contribution in [0.4, 0.5) is 0 Å². The maximum absolute atomic E-state index is 5.65. The van der Waals surface area contributed by atoms with Crippen LogP contribution in [0.25, 0.3) is 10.2 Å². The average molecular weight is 249 g/mol. The highest BCUT2D eigenvalue weighted by Gasteiger charge is 2.14. The first-order valence-electron chi connectivity index (χ1n) is 6.03. The summed E-state index contributed by atoms with van der Waals surface area (Å²) in [6, 6.07) is 4.44. The minimum Gasteiger partial charge on any atom is -0.271 e. The molecular formula is C13H19N3S. The Hall–Kier alpha value is -0.970. The smallest absolute Gasteiger partial charge is 0.0809 e. The first kappa shape index (κ1) is 12.5. The number of thiophene rings is 1. The van der Waals surface area contributed by atoms with E-state index in [9.17, 15) is 0 Å². The van der Waals surface area contributed by atoms with Crippen molar-refractivity contribution in [2.45, 2.75) is 32.7 Å². The molecule has 4 heteroatoms. The second-order valence-electron chi connectivity index (χ2n) is 4.54. The Morgan fingerprint density at radius 3 is 3.06 bits per heavy atom. The fourth-order valence-corrected chi connectivity index (χ4v) is 2.71. The van der Waals surface area contributed by atoms with Gasteiger partial charge in [0.15, 0.2) is 0 Å². The van der Waals surface area contributed by atoms with Gasteiger partial charge in [0.1, 0.15) is 0 Å². The van der Waals surface area contributed by atoms with Crippen molar-refractivity contribution >= 4 is 21.6 Å². The Morgan fingerprint density at radius 2 is 2.35 bits per heavy atom. The maximum Gasteiger partial charge on any atom is 0.0809 e. The van der Waals surface area contributed by atoms with Crippen molar-refractivity contribution in [3.05, 3.63) is 29.3 Å². The molecule has 0 saturated carbocycles. The lowest BCUT2D eigenvalue weighted by Gasteiger charge is -2.19. The van der Waals surface area contributed by atoms with E-state index in [1.165, 1.54) is 16.7 Å². The number of nitrogens with two attached hydrogens (primary N) is 1. The summed E-state index contributed by atoms with van der Waals surface area (Å²) in [6.07, 6.45) is 4.15. The summed E-state index contributed by atoms with van der Waals surface area (Å²) in [4.78, 5) is 4.46. The van der Waals surface area contributed by atoms with Crippen molar-refractivity contribution in [2.24, 2.45) is 11.8 Å². The maximum atomic E-state index is 5.65. The highest BCUT2D eigenvalue weighted by atomic mass is 32.1. The molecule has 0 bridgehead atoms. The van der Waals surface area contributed by atoms with E-state index in [2.05, 4.69) is 35.7 Å². The van der Waals surface area contributed by atoms with Gasteiger partial charge in [-0.1, -0.05) is 20.3 Å². The van der Waals surface area contributed by atoms with Crippen LogP contribution in [0, 0.1) is 5.92 Å². The molecule has 0 fully saturated rings. The van der Waals surface area contributed by atoms with E-state index in [1.54, 1.807) is 11.3 Å². The van der Waals surface area contributed by atoms with Crippen molar-refractivity contribution in [3.63, 3.8) is 0 Å². The number of aromatic nitrogens is 1. The lowest BCUT2D eigenvalue weighted by Crippen LogP contribution is -2.29. The largest absolute Gasteiger partial charge is 0.271 e. The number of hydrazine groups is 1. The molecule has 0 saturated heterocycles. The molecule has 92 valence electrons. The molecule has 0 aliphatic heterocycles.